The summed E-state index contributed by atoms with van der Waals surface area (Å²) in [5.74, 6) is -2.73. The van der Waals surface area contributed by atoms with Crippen molar-refractivity contribution in [2.75, 3.05) is 26.2 Å². The third-order valence-corrected chi connectivity index (χ3v) is 6.90. The van der Waals surface area contributed by atoms with E-state index in [1.807, 2.05) is 6.92 Å². The number of halogens is 2. The second kappa shape index (κ2) is 9.13. The number of carbonyl (C=O) groups is 3. The van der Waals surface area contributed by atoms with Gasteiger partial charge in [0.05, 0.1) is 12.6 Å². The molecule has 0 saturated carbocycles. The molecule has 174 valence electrons. The number of ether oxygens (including phenoxy) is 1. The van der Waals surface area contributed by atoms with Crippen molar-refractivity contribution in [1.29, 1.82) is 0 Å². The Morgan fingerprint density at radius 1 is 1.19 bits per heavy atom. The lowest BCUT2D eigenvalue weighted by Gasteiger charge is -2.41. The third kappa shape index (κ3) is 4.10. The predicted octanol–water partition coefficient (Wildman–Crippen LogP) is 3.09. The van der Waals surface area contributed by atoms with Crippen LogP contribution in [0, 0.1) is 17.6 Å². The zero-order valence-electron chi connectivity index (χ0n) is 18.2. The van der Waals surface area contributed by atoms with E-state index >= 15 is 0 Å². The molecule has 3 saturated heterocycles. The standard InChI is InChI=1S/C23H29F2N3O4/c1-2-9-23(21(30)28(22(31)26-23)14-17-4-3-12-32-17)16-7-10-27(11-8-16)20(29)15-5-6-18(24)19(25)13-15/h5-6,13,16-17H,2-4,7-12,14H2,1H3,(H,26,31)/t17-,23-/m1/s1. The zero-order chi connectivity index (χ0) is 22.9. The summed E-state index contributed by atoms with van der Waals surface area (Å²) in [6, 6.07) is 2.75. The van der Waals surface area contributed by atoms with Gasteiger partial charge in [0.1, 0.15) is 5.54 Å². The maximum absolute atomic E-state index is 13.5. The Morgan fingerprint density at radius 2 is 1.94 bits per heavy atom. The summed E-state index contributed by atoms with van der Waals surface area (Å²) in [6.45, 7) is 3.65. The molecule has 3 aliphatic rings. The summed E-state index contributed by atoms with van der Waals surface area (Å²) in [7, 11) is 0. The maximum atomic E-state index is 13.5. The Labute approximate surface area is 186 Å². The average molecular weight is 449 g/mol. The van der Waals surface area contributed by atoms with Crippen molar-refractivity contribution in [3.05, 3.63) is 35.4 Å². The summed E-state index contributed by atoms with van der Waals surface area (Å²) in [4.78, 5) is 41.8. The Bertz CT molecular complexity index is 897. The van der Waals surface area contributed by atoms with Gasteiger partial charge in [0, 0.05) is 25.3 Å². The van der Waals surface area contributed by atoms with E-state index in [0.29, 0.717) is 39.0 Å². The smallest absolute Gasteiger partial charge is 0.325 e. The lowest BCUT2D eigenvalue weighted by molar-refractivity contribution is -0.135. The van der Waals surface area contributed by atoms with E-state index in [9.17, 15) is 23.2 Å². The third-order valence-electron chi connectivity index (χ3n) is 6.90. The summed E-state index contributed by atoms with van der Waals surface area (Å²) in [5.41, 5.74) is -0.875. The zero-order valence-corrected chi connectivity index (χ0v) is 18.2. The first-order chi connectivity index (χ1) is 15.4. The fraction of sp³-hybridized carbons (Fsp3) is 0.609. The van der Waals surface area contributed by atoms with Crippen LogP contribution in [-0.2, 0) is 9.53 Å². The van der Waals surface area contributed by atoms with Gasteiger partial charge in [-0.3, -0.25) is 14.5 Å². The van der Waals surface area contributed by atoms with Crippen LogP contribution in [0.3, 0.4) is 0 Å². The molecule has 32 heavy (non-hydrogen) atoms. The largest absolute Gasteiger partial charge is 0.376 e. The van der Waals surface area contributed by atoms with Gasteiger partial charge in [-0.2, -0.15) is 0 Å². The first-order valence-corrected chi connectivity index (χ1v) is 11.4. The van der Waals surface area contributed by atoms with Crippen molar-refractivity contribution in [2.45, 2.75) is 57.1 Å². The number of imide groups is 1. The molecule has 0 radical (unpaired) electrons. The highest BCUT2D eigenvalue weighted by atomic mass is 19.2. The van der Waals surface area contributed by atoms with E-state index in [-0.39, 0.29) is 42.0 Å². The molecule has 0 aliphatic carbocycles. The fourth-order valence-electron chi connectivity index (χ4n) is 5.23. The van der Waals surface area contributed by atoms with Gasteiger partial charge >= 0.3 is 6.03 Å². The Hall–Kier alpha value is -2.55. The summed E-state index contributed by atoms with van der Waals surface area (Å²) < 4.78 is 32.3. The second-order valence-electron chi connectivity index (χ2n) is 8.90. The number of benzene rings is 1. The van der Waals surface area contributed by atoms with Crippen LogP contribution < -0.4 is 5.32 Å². The number of hydrogen-bond donors (Lipinski definition) is 1. The van der Waals surface area contributed by atoms with E-state index in [0.717, 1.165) is 31.4 Å². The number of nitrogens with one attached hydrogen (secondary N) is 1. The molecular weight excluding hydrogens is 420 g/mol. The van der Waals surface area contributed by atoms with Gasteiger partial charge in [-0.25, -0.2) is 13.6 Å². The molecule has 3 heterocycles. The van der Waals surface area contributed by atoms with Crippen LogP contribution >= 0.6 is 0 Å². The molecule has 2 atom stereocenters. The highest BCUT2D eigenvalue weighted by Crippen LogP contribution is 2.37. The topological polar surface area (TPSA) is 79.0 Å². The normalized spacial score (nSPS) is 26.7. The molecular formula is C23H29F2N3O4. The number of hydrogen-bond acceptors (Lipinski definition) is 4. The molecule has 0 bridgehead atoms. The first kappa shape index (κ1) is 22.6. The second-order valence-corrected chi connectivity index (χ2v) is 8.90. The minimum Gasteiger partial charge on any atom is -0.376 e. The minimum atomic E-state index is -1.06. The number of nitrogens with zero attached hydrogens (tertiary/aromatic N) is 2. The van der Waals surface area contributed by atoms with E-state index in [1.165, 1.54) is 11.0 Å². The van der Waals surface area contributed by atoms with Gasteiger partial charge in [0.15, 0.2) is 11.6 Å². The van der Waals surface area contributed by atoms with Crippen LogP contribution in [0.2, 0.25) is 0 Å². The molecule has 0 unspecified atom stereocenters. The lowest BCUT2D eigenvalue weighted by atomic mass is 9.74. The van der Waals surface area contributed by atoms with Crippen LogP contribution in [0.1, 0.15) is 55.8 Å². The number of piperidine rings is 1. The highest BCUT2D eigenvalue weighted by Gasteiger charge is 2.55. The van der Waals surface area contributed by atoms with Crippen molar-refractivity contribution in [2.24, 2.45) is 5.92 Å². The molecule has 0 aromatic heterocycles. The van der Waals surface area contributed by atoms with Crippen LogP contribution in [0.4, 0.5) is 13.6 Å². The molecule has 1 N–H and O–H groups in total. The van der Waals surface area contributed by atoms with Crippen molar-refractivity contribution in [3.63, 3.8) is 0 Å². The Balaban J connectivity index is 1.45. The molecule has 9 heteroatoms. The van der Waals surface area contributed by atoms with E-state index in [1.54, 1.807) is 4.90 Å². The van der Waals surface area contributed by atoms with Crippen molar-refractivity contribution < 1.29 is 27.9 Å². The van der Waals surface area contributed by atoms with Crippen molar-refractivity contribution in [1.82, 2.24) is 15.1 Å². The van der Waals surface area contributed by atoms with Gasteiger partial charge in [-0.05, 0) is 56.2 Å². The molecule has 0 spiro atoms. The van der Waals surface area contributed by atoms with Gasteiger partial charge in [-0.1, -0.05) is 13.3 Å². The molecule has 4 amide bonds. The molecule has 1 aromatic carbocycles. The number of rotatable bonds is 6. The first-order valence-electron chi connectivity index (χ1n) is 11.4. The minimum absolute atomic E-state index is 0.0959. The van der Waals surface area contributed by atoms with Crippen LogP contribution in [-0.4, -0.2) is 65.5 Å². The number of amides is 4. The Kier molecular flexibility index (Phi) is 6.46. The summed E-state index contributed by atoms with van der Waals surface area (Å²) in [5, 5.41) is 2.99. The van der Waals surface area contributed by atoms with E-state index in [4.69, 9.17) is 4.74 Å². The van der Waals surface area contributed by atoms with Crippen molar-refractivity contribution in [3.8, 4) is 0 Å². The van der Waals surface area contributed by atoms with Gasteiger partial charge in [-0.15, -0.1) is 0 Å². The fourth-order valence-corrected chi connectivity index (χ4v) is 5.23. The predicted molar refractivity (Wildman–Crippen MR) is 112 cm³/mol. The quantitative estimate of drug-likeness (QED) is 0.677. The van der Waals surface area contributed by atoms with E-state index < -0.39 is 17.2 Å². The van der Waals surface area contributed by atoms with Crippen LogP contribution in [0.25, 0.3) is 0 Å². The number of likely N-dealkylation sites (tertiary alicyclic amines) is 1. The molecule has 4 rings (SSSR count). The highest BCUT2D eigenvalue weighted by molar-refractivity contribution is 6.07. The monoisotopic (exact) mass is 449 g/mol. The SMILES string of the molecule is CCC[C@]1(C2CCN(C(=O)c3ccc(F)c(F)c3)CC2)NC(=O)N(C[C@H]2CCCO2)C1=O. The van der Waals surface area contributed by atoms with Gasteiger partial charge < -0.3 is 15.0 Å². The Morgan fingerprint density at radius 3 is 2.56 bits per heavy atom. The number of carbonyl (C=O) groups excluding carboxylic acids is 3. The van der Waals surface area contributed by atoms with E-state index in [2.05, 4.69) is 5.32 Å². The number of urea groups is 1. The van der Waals surface area contributed by atoms with Crippen LogP contribution in [0.5, 0.6) is 0 Å². The van der Waals surface area contributed by atoms with Crippen LogP contribution in [0.15, 0.2) is 18.2 Å². The molecule has 1 aromatic rings. The maximum Gasteiger partial charge on any atom is 0.325 e. The van der Waals surface area contributed by atoms with Crippen molar-refractivity contribution >= 4 is 17.8 Å². The average Bonchev–Trinajstić information content (AvgIpc) is 3.39. The summed E-state index contributed by atoms with van der Waals surface area (Å²) in [6.07, 6.45) is 3.98. The van der Waals surface area contributed by atoms with Gasteiger partial charge in [0.25, 0.3) is 11.8 Å². The lowest BCUT2D eigenvalue weighted by Crippen LogP contribution is -2.56. The molecule has 3 fully saturated rings. The molecule has 3 aliphatic heterocycles. The molecule has 7 nitrogen and oxygen atoms in total. The van der Waals surface area contributed by atoms with Gasteiger partial charge in [0.2, 0.25) is 0 Å². The summed E-state index contributed by atoms with van der Waals surface area (Å²) >= 11 is 0.